The topological polar surface area (TPSA) is 72.2 Å². The average Bonchev–Trinajstić information content (AvgIpc) is 2.95. The molecule has 0 bridgehead atoms. The van der Waals surface area contributed by atoms with Gasteiger partial charge < -0.3 is 5.32 Å². The van der Waals surface area contributed by atoms with Crippen LogP contribution in [0.3, 0.4) is 0 Å². The first-order valence-electron chi connectivity index (χ1n) is 7.91. The van der Waals surface area contributed by atoms with Crippen LogP contribution in [0.15, 0.2) is 29.4 Å². The van der Waals surface area contributed by atoms with Crippen molar-refractivity contribution in [2.45, 2.75) is 32.0 Å². The van der Waals surface area contributed by atoms with Crippen LogP contribution in [0, 0.1) is 25.5 Å². The van der Waals surface area contributed by atoms with Gasteiger partial charge in [-0.2, -0.15) is 0 Å². The molecule has 0 saturated carbocycles. The van der Waals surface area contributed by atoms with E-state index in [1.807, 2.05) is 19.9 Å². The van der Waals surface area contributed by atoms with Gasteiger partial charge in [0.05, 0.1) is 11.8 Å². The van der Waals surface area contributed by atoms with E-state index < -0.39 is 17.7 Å². The van der Waals surface area contributed by atoms with E-state index in [1.54, 1.807) is 11.3 Å². The number of hydrogen-bond donors (Lipinski definition) is 1. The zero-order chi connectivity index (χ0) is 18.8. The van der Waals surface area contributed by atoms with Crippen molar-refractivity contribution >= 4 is 23.4 Å². The molecule has 3 rings (SSSR count). The van der Waals surface area contributed by atoms with Gasteiger partial charge >= 0.3 is 0 Å². The van der Waals surface area contributed by atoms with E-state index in [-0.39, 0.29) is 17.2 Å². The number of hydrogen-bond acceptors (Lipinski definition) is 5. The molecule has 0 radical (unpaired) electrons. The van der Waals surface area contributed by atoms with Crippen molar-refractivity contribution in [2.24, 2.45) is 0 Å². The molecule has 1 N–H and O–H groups in total. The van der Waals surface area contributed by atoms with Gasteiger partial charge in [0.15, 0.2) is 5.16 Å². The fourth-order valence-corrected chi connectivity index (χ4v) is 3.43. The summed E-state index contributed by atoms with van der Waals surface area (Å²) in [5, 5.41) is 11.3. The average molecular weight is 377 g/mol. The molecular weight excluding hydrogens is 360 g/mol. The highest BCUT2D eigenvalue weighted by Gasteiger charge is 2.16. The molecule has 26 heavy (non-hydrogen) atoms. The highest BCUT2D eigenvalue weighted by atomic mass is 32.2. The molecule has 0 aliphatic rings. The van der Waals surface area contributed by atoms with Crippen LogP contribution >= 0.6 is 11.8 Å². The van der Waals surface area contributed by atoms with E-state index in [9.17, 15) is 13.6 Å². The fourth-order valence-electron chi connectivity index (χ4n) is 2.64. The maximum absolute atomic E-state index is 13.8. The van der Waals surface area contributed by atoms with Crippen LogP contribution in [0.1, 0.15) is 29.9 Å². The Morgan fingerprint density at radius 3 is 2.77 bits per heavy atom. The number of halogens is 2. The number of fused-ring (bicyclic) bond motifs is 1. The summed E-state index contributed by atoms with van der Waals surface area (Å²) in [6.45, 7) is 5.43. The Labute approximate surface area is 153 Å². The lowest BCUT2D eigenvalue weighted by molar-refractivity contribution is -0.119. The van der Waals surface area contributed by atoms with Crippen molar-refractivity contribution in [3.8, 4) is 0 Å². The number of thioether (sulfide) groups is 1. The first-order valence-corrected chi connectivity index (χ1v) is 8.90. The number of carbonyl (C=O) groups excluding carboxylic acids is 1. The van der Waals surface area contributed by atoms with Gasteiger partial charge in [0.1, 0.15) is 11.6 Å². The highest BCUT2D eigenvalue weighted by molar-refractivity contribution is 7.99. The minimum absolute atomic E-state index is 0.0846. The molecule has 0 unspecified atom stereocenters. The second kappa shape index (κ2) is 7.36. The minimum atomic E-state index is -0.689. The molecule has 3 aromatic rings. The lowest BCUT2D eigenvalue weighted by Gasteiger charge is -2.15. The number of aromatic nitrogens is 4. The Morgan fingerprint density at radius 2 is 2.04 bits per heavy atom. The van der Waals surface area contributed by atoms with Gasteiger partial charge in [-0.25, -0.2) is 13.8 Å². The van der Waals surface area contributed by atoms with Crippen molar-refractivity contribution in [2.75, 3.05) is 5.75 Å². The standard InChI is InChI=1S/C17H17F2N5OS/c1-9-6-10(2)24-16(20-9)22-23-17(24)26-8-15(25)21-11(3)13-5-4-12(18)7-14(13)19/h4-7,11H,8H2,1-3H3,(H,21,25)/t11-/m1/s1. The zero-order valence-electron chi connectivity index (χ0n) is 14.5. The molecule has 0 aliphatic heterocycles. The molecule has 0 spiro atoms. The SMILES string of the molecule is Cc1cc(C)n2c(SCC(=O)N[C@H](C)c3ccc(F)cc3F)nnc2n1. The van der Waals surface area contributed by atoms with Gasteiger partial charge in [-0.15, -0.1) is 10.2 Å². The quantitative estimate of drug-likeness (QED) is 0.692. The third-order valence-corrected chi connectivity index (χ3v) is 4.73. The van der Waals surface area contributed by atoms with E-state index in [0.717, 1.165) is 23.5 Å². The molecule has 9 heteroatoms. The van der Waals surface area contributed by atoms with E-state index in [4.69, 9.17) is 0 Å². The van der Waals surface area contributed by atoms with Gasteiger partial charge in [-0.1, -0.05) is 17.8 Å². The number of amides is 1. The smallest absolute Gasteiger partial charge is 0.256 e. The van der Waals surface area contributed by atoms with E-state index >= 15 is 0 Å². The van der Waals surface area contributed by atoms with Crippen LogP contribution in [-0.2, 0) is 4.79 Å². The Morgan fingerprint density at radius 1 is 1.27 bits per heavy atom. The van der Waals surface area contributed by atoms with Gasteiger partial charge in [-0.05, 0) is 32.9 Å². The van der Waals surface area contributed by atoms with Crippen LogP contribution in [-0.4, -0.2) is 31.2 Å². The highest BCUT2D eigenvalue weighted by Crippen LogP contribution is 2.20. The summed E-state index contributed by atoms with van der Waals surface area (Å²) in [7, 11) is 0. The first-order chi connectivity index (χ1) is 12.3. The molecule has 0 fully saturated rings. The van der Waals surface area contributed by atoms with E-state index in [1.165, 1.54) is 17.8 Å². The number of rotatable bonds is 5. The Hall–Kier alpha value is -2.55. The van der Waals surface area contributed by atoms with Gasteiger partial charge in [0.25, 0.3) is 5.78 Å². The van der Waals surface area contributed by atoms with Crippen molar-refractivity contribution in [3.63, 3.8) is 0 Å². The molecule has 1 aromatic carbocycles. The second-order valence-corrected chi connectivity index (χ2v) is 6.84. The van der Waals surface area contributed by atoms with Crippen molar-refractivity contribution < 1.29 is 13.6 Å². The Kier molecular flexibility index (Phi) is 5.17. The maximum atomic E-state index is 13.8. The summed E-state index contributed by atoms with van der Waals surface area (Å²) in [6, 6.07) is 4.61. The summed E-state index contributed by atoms with van der Waals surface area (Å²) in [4.78, 5) is 16.5. The molecule has 0 aliphatic carbocycles. The summed E-state index contributed by atoms with van der Waals surface area (Å²) < 4.78 is 28.5. The molecule has 1 amide bonds. The molecule has 2 aromatic heterocycles. The summed E-state index contributed by atoms with van der Waals surface area (Å²) in [5.74, 6) is -1.07. The molecular formula is C17H17F2N5OS. The van der Waals surface area contributed by atoms with Crippen LogP contribution in [0.5, 0.6) is 0 Å². The predicted octanol–water partition coefficient (Wildman–Crippen LogP) is 2.99. The Balaban J connectivity index is 1.66. The number of benzene rings is 1. The largest absolute Gasteiger partial charge is 0.349 e. The van der Waals surface area contributed by atoms with Gasteiger partial charge in [0, 0.05) is 23.0 Å². The lowest BCUT2D eigenvalue weighted by atomic mass is 10.1. The monoisotopic (exact) mass is 377 g/mol. The van der Waals surface area contributed by atoms with E-state index in [0.29, 0.717) is 10.9 Å². The Bertz CT molecular complexity index is 975. The number of nitrogens with zero attached hydrogens (tertiary/aromatic N) is 4. The molecule has 2 heterocycles. The summed E-state index contributed by atoms with van der Waals surface area (Å²) in [6.07, 6.45) is 0. The number of nitrogens with one attached hydrogen (secondary N) is 1. The van der Waals surface area contributed by atoms with Crippen LogP contribution in [0.4, 0.5) is 8.78 Å². The third kappa shape index (κ3) is 3.82. The number of carbonyl (C=O) groups is 1. The van der Waals surface area contributed by atoms with Crippen molar-refractivity contribution in [3.05, 3.63) is 52.9 Å². The van der Waals surface area contributed by atoms with Gasteiger partial charge in [0.2, 0.25) is 5.91 Å². The van der Waals surface area contributed by atoms with Crippen molar-refractivity contribution in [1.29, 1.82) is 0 Å². The summed E-state index contributed by atoms with van der Waals surface area (Å²) in [5.41, 5.74) is 1.99. The van der Waals surface area contributed by atoms with Crippen LogP contribution < -0.4 is 5.32 Å². The molecule has 1 atom stereocenters. The van der Waals surface area contributed by atoms with Crippen LogP contribution in [0.2, 0.25) is 0 Å². The third-order valence-electron chi connectivity index (χ3n) is 3.80. The fraction of sp³-hybridized carbons (Fsp3) is 0.294. The normalized spacial score (nSPS) is 12.3. The molecule has 136 valence electrons. The predicted molar refractivity (Wildman–Crippen MR) is 93.9 cm³/mol. The first kappa shape index (κ1) is 18.2. The number of aryl methyl sites for hydroxylation is 2. The van der Waals surface area contributed by atoms with E-state index in [2.05, 4.69) is 20.5 Å². The maximum Gasteiger partial charge on any atom is 0.256 e. The second-order valence-electron chi connectivity index (χ2n) is 5.90. The summed E-state index contributed by atoms with van der Waals surface area (Å²) >= 11 is 1.21. The van der Waals surface area contributed by atoms with Crippen LogP contribution in [0.25, 0.3) is 5.78 Å². The minimum Gasteiger partial charge on any atom is -0.349 e. The molecule has 6 nitrogen and oxygen atoms in total. The van der Waals surface area contributed by atoms with Crippen molar-refractivity contribution in [1.82, 2.24) is 24.9 Å². The zero-order valence-corrected chi connectivity index (χ0v) is 15.3. The lowest BCUT2D eigenvalue weighted by Crippen LogP contribution is -2.28. The van der Waals surface area contributed by atoms with Gasteiger partial charge in [-0.3, -0.25) is 9.20 Å². The molecule has 0 saturated heterocycles.